The molecule has 2 N–H and O–H groups in total. The third-order valence-electron chi connectivity index (χ3n) is 3.03. The van der Waals surface area contributed by atoms with E-state index in [9.17, 15) is 0 Å². The topological polar surface area (TPSA) is 61.0 Å². The van der Waals surface area contributed by atoms with E-state index in [2.05, 4.69) is 9.97 Å². The summed E-state index contributed by atoms with van der Waals surface area (Å²) < 4.78 is 5.33. The smallest absolute Gasteiger partial charge is 0.163 e. The lowest BCUT2D eigenvalue weighted by atomic mass is 10.1. The fraction of sp³-hybridized carbons (Fsp3) is 0.286. The van der Waals surface area contributed by atoms with Gasteiger partial charge in [0.25, 0.3) is 0 Å². The molecule has 2 rings (SSSR count). The summed E-state index contributed by atoms with van der Waals surface area (Å²) in [4.78, 5) is 9.00. The number of ether oxygens (including phenoxy) is 1. The van der Waals surface area contributed by atoms with Crippen LogP contribution in [-0.4, -0.2) is 17.1 Å². The summed E-state index contributed by atoms with van der Waals surface area (Å²) in [5, 5.41) is 0.618. The van der Waals surface area contributed by atoms with E-state index >= 15 is 0 Å². The molecule has 0 unspecified atom stereocenters. The Bertz CT molecular complexity index is 591. The second-order valence-corrected chi connectivity index (χ2v) is 4.68. The third-order valence-corrected chi connectivity index (χ3v) is 3.26. The molecule has 100 valence electrons. The van der Waals surface area contributed by atoms with Gasteiger partial charge in [-0.15, -0.1) is 0 Å². The molecule has 0 spiro atoms. The maximum atomic E-state index is 5.96. The van der Waals surface area contributed by atoms with Crippen molar-refractivity contribution in [3.8, 4) is 17.1 Å². The van der Waals surface area contributed by atoms with Gasteiger partial charge in [0.1, 0.15) is 5.75 Å². The van der Waals surface area contributed by atoms with Gasteiger partial charge in [-0.1, -0.05) is 11.6 Å². The SMILES string of the molecule is COc1cc(Cl)ccc1-c1nc(C)c(CN)c(C)n1. The summed E-state index contributed by atoms with van der Waals surface area (Å²) >= 11 is 5.96. The lowest BCUT2D eigenvalue weighted by molar-refractivity contribution is 0.416. The summed E-state index contributed by atoms with van der Waals surface area (Å²) in [6.07, 6.45) is 0. The molecular weight excluding hydrogens is 262 g/mol. The van der Waals surface area contributed by atoms with Crippen LogP contribution in [0.4, 0.5) is 0 Å². The molecule has 0 atom stereocenters. The number of aryl methyl sites for hydroxylation is 2. The maximum Gasteiger partial charge on any atom is 0.163 e. The molecule has 1 aromatic heterocycles. The molecule has 19 heavy (non-hydrogen) atoms. The van der Waals surface area contributed by atoms with Crippen molar-refractivity contribution in [2.45, 2.75) is 20.4 Å². The minimum atomic E-state index is 0.440. The summed E-state index contributed by atoms with van der Waals surface area (Å²) in [6, 6.07) is 5.41. The Hall–Kier alpha value is -1.65. The van der Waals surface area contributed by atoms with Gasteiger partial charge in [-0.05, 0) is 32.0 Å². The van der Waals surface area contributed by atoms with Crippen LogP contribution >= 0.6 is 11.6 Å². The lowest BCUT2D eigenvalue weighted by Crippen LogP contribution is -2.07. The highest BCUT2D eigenvalue weighted by atomic mass is 35.5. The predicted molar refractivity (Wildman–Crippen MR) is 76.4 cm³/mol. The Balaban J connectivity index is 2.59. The molecule has 0 bridgehead atoms. The van der Waals surface area contributed by atoms with Crippen LogP contribution < -0.4 is 10.5 Å². The van der Waals surface area contributed by atoms with E-state index in [0.717, 1.165) is 22.5 Å². The van der Waals surface area contributed by atoms with Gasteiger partial charge in [-0.2, -0.15) is 0 Å². The van der Waals surface area contributed by atoms with Crippen molar-refractivity contribution in [3.05, 3.63) is 40.2 Å². The van der Waals surface area contributed by atoms with Crippen molar-refractivity contribution in [2.75, 3.05) is 7.11 Å². The minimum absolute atomic E-state index is 0.440. The van der Waals surface area contributed by atoms with Gasteiger partial charge in [-0.3, -0.25) is 0 Å². The zero-order valence-corrected chi connectivity index (χ0v) is 12.0. The van der Waals surface area contributed by atoms with Crippen LogP contribution in [-0.2, 0) is 6.54 Å². The van der Waals surface area contributed by atoms with Crippen LogP contribution in [0.1, 0.15) is 17.0 Å². The van der Waals surface area contributed by atoms with Gasteiger partial charge in [-0.25, -0.2) is 9.97 Å². The van der Waals surface area contributed by atoms with Crippen LogP contribution in [0.5, 0.6) is 5.75 Å². The van der Waals surface area contributed by atoms with E-state index in [1.165, 1.54) is 0 Å². The molecule has 2 aromatic rings. The summed E-state index contributed by atoms with van der Waals surface area (Å²) in [6.45, 7) is 4.31. The van der Waals surface area contributed by atoms with E-state index in [1.54, 1.807) is 19.2 Å². The molecule has 0 saturated heterocycles. The van der Waals surface area contributed by atoms with Crippen molar-refractivity contribution < 1.29 is 4.74 Å². The zero-order chi connectivity index (χ0) is 14.0. The van der Waals surface area contributed by atoms with Crippen molar-refractivity contribution in [1.29, 1.82) is 0 Å². The number of halogens is 1. The minimum Gasteiger partial charge on any atom is -0.496 e. The largest absolute Gasteiger partial charge is 0.496 e. The molecule has 5 heteroatoms. The molecule has 0 aliphatic heterocycles. The third kappa shape index (κ3) is 2.69. The normalized spacial score (nSPS) is 10.6. The highest BCUT2D eigenvalue weighted by Gasteiger charge is 2.13. The number of aromatic nitrogens is 2. The predicted octanol–water partition coefficient (Wildman–Crippen LogP) is 2.88. The molecule has 0 aliphatic carbocycles. The average molecular weight is 278 g/mol. The van der Waals surface area contributed by atoms with E-state index in [4.69, 9.17) is 22.1 Å². The second-order valence-electron chi connectivity index (χ2n) is 4.25. The van der Waals surface area contributed by atoms with Gasteiger partial charge < -0.3 is 10.5 Å². The van der Waals surface area contributed by atoms with Crippen molar-refractivity contribution >= 4 is 11.6 Å². The van der Waals surface area contributed by atoms with Crippen molar-refractivity contribution in [1.82, 2.24) is 9.97 Å². The highest BCUT2D eigenvalue weighted by molar-refractivity contribution is 6.30. The van der Waals surface area contributed by atoms with Gasteiger partial charge in [0, 0.05) is 28.5 Å². The molecule has 0 aliphatic rings. The first kappa shape index (κ1) is 13.8. The zero-order valence-electron chi connectivity index (χ0n) is 11.2. The first-order valence-electron chi connectivity index (χ1n) is 5.95. The number of rotatable bonds is 3. The number of hydrogen-bond acceptors (Lipinski definition) is 4. The van der Waals surface area contributed by atoms with E-state index in [0.29, 0.717) is 23.1 Å². The Kier molecular flexibility index (Phi) is 4.02. The number of methoxy groups -OCH3 is 1. The first-order valence-corrected chi connectivity index (χ1v) is 6.32. The molecule has 1 heterocycles. The first-order chi connectivity index (χ1) is 9.06. The molecule has 0 saturated carbocycles. The van der Waals surface area contributed by atoms with E-state index < -0.39 is 0 Å². The van der Waals surface area contributed by atoms with Crippen LogP contribution in [0, 0.1) is 13.8 Å². The summed E-state index contributed by atoms with van der Waals surface area (Å²) in [5.74, 6) is 1.28. The van der Waals surface area contributed by atoms with Crippen LogP contribution in [0.25, 0.3) is 11.4 Å². The Morgan fingerprint density at radius 3 is 2.37 bits per heavy atom. The molecular formula is C14H16ClN3O. The maximum absolute atomic E-state index is 5.96. The number of benzene rings is 1. The number of nitrogens with zero attached hydrogens (tertiary/aromatic N) is 2. The Morgan fingerprint density at radius 2 is 1.84 bits per heavy atom. The fourth-order valence-corrected chi connectivity index (χ4v) is 2.17. The van der Waals surface area contributed by atoms with Crippen LogP contribution in [0.3, 0.4) is 0 Å². The summed E-state index contributed by atoms with van der Waals surface area (Å²) in [7, 11) is 1.60. The van der Waals surface area contributed by atoms with Gasteiger partial charge in [0.2, 0.25) is 0 Å². The Labute approximate surface area is 117 Å². The van der Waals surface area contributed by atoms with Crippen molar-refractivity contribution in [2.24, 2.45) is 5.73 Å². The average Bonchev–Trinajstić information content (AvgIpc) is 2.38. The van der Waals surface area contributed by atoms with Crippen molar-refractivity contribution in [3.63, 3.8) is 0 Å². The van der Waals surface area contributed by atoms with Gasteiger partial charge in [0.15, 0.2) is 5.82 Å². The second kappa shape index (κ2) is 5.55. The van der Waals surface area contributed by atoms with Crippen LogP contribution in [0.15, 0.2) is 18.2 Å². The molecule has 1 aromatic carbocycles. The molecule has 0 radical (unpaired) electrons. The lowest BCUT2D eigenvalue weighted by Gasteiger charge is -2.11. The van der Waals surface area contributed by atoms with E-state index in [1.807, 2.05) is 19.9 Å². The number of nitrogens with two attached hydrogens (primary N) is 1. The summed E-state index contributed by atoms with van der Waals surface area (Å²) in [5.41, 5.74) is 9.28. The number of hydrogen-bond donors (Lipinski definition) is 1. The van der Waals surface area contributed by atoms with Crippen LogP contribution in [0.2, 0.25) is 5.02 Å². The molecule has 0 fully saturated rings. The quantitative estimate of drug-likeness (QED) is 0.937. The van der Waals surface area contributed by atoms with Gasteiger partial charge >= 0.3 is 0 Å². The molecule has 0 amide bonds. The van der Waals surface area contributed by atoms with E-state index in [-0.39, 0.29) is 0 Å². The monoisotopic (exact) mass is 277 g/mol. The van der Waals surface area contributed by atoms with Gasteiger partial charge in [0.05, 0.1) is 12.7 Å². The standard InChI is InChI=1S/C14H16ClN3O/c1-8-12(7-16)9(2)18-14(17-8)11-5-4-10(15)6-13(11)19-3/h4-6H,7,16H2,1-3H3. The Morgan fingerprint density at radius 1 is 1.21 bits per heavy atom. The highest BCUT2D eigenvalue weighted by Crippen LogP contribution is 2.30. The fourth-order valence-electron chi connectivity index (χ4n) is 2.01. The molecule has 4 nitrogen and oxygen atoms in total.